The molecule has 0 saturated heterocycles. The average molecular weight is 283 g/mol. The number of methoxy groups -OCH3 is 2. The minimum atomic E-state index is 0.418. The molecule has 0 heterocycles. The third-order valence-electron chi connectivity index (χ3n) is 3.26. The molecule has 0 spiro atoms. The second kappa shape index (κ2) is 8.11. The molecule has 1 aromatic carbocycles. The summed E-state index contributed by atoms with van der Waals surface area (Å²) in [7, 11) is 3.29. The van der Waals surface area contributed by atoms with E-state index < -0.39 is 0 Å². The SMILES string of the molecule is CC/C=C\CC(CC)c1cc(Cl)c(OC)cc1OC. The van der Waals surface area contributed by atoms with Crippen molar-refractivity contribution < 1.29 is 9.47 Å². The first kappa shape index (κ1) is 15.9. The van der Waals surface area contributed by atoms with Gasteiger partial charge in [0.2, 0.25) is 0 Å². The van der Waals surface area contributed by atoms with Crippen LogP contribution in [0.25, 0.3) is 0 Å². The maximum Gasteiger partial charge on any atom is 0.141 e. The molecule has 2 nitrogen and oxygen atoms in total. The highest BCUT2D eigenvalue weighted by Crippen LogP contribution is 2.38. The summed E-state index contributed by atoms with van der Waals surface area (Å²) in [6, 6.07) is 3.83. The molecule has 1 unspecified atom stereocenters. The maximum absolute atomic E-state index is 6.22. The van der Waals surface area contributed by atoms with Crippen LogP contribution in [0.15, 0.2) is 24.3 Å². The Balaban J connectivity index is 3.08. The van der Waals surface area contributed by atoms with Crippen LogP contribution in [0, 0.1) is 0 Å². The van der Waals surface area contributed by atoms with Gasteiger partial charge in [-0.2, -0.15) is 0 Å². The van der Waals surface area contributed by atoms with E-state index in [2.05, 4.69) is 26.0 Å². The van der Waals surface area contributed by atoms with Gasteiger partial charge in [0, 0.05) is 6.07 Å². The summed E-state index contributed by atoms with van der Waals surface area (Å²) in [5.74, 6) is 1.92. The quantitative estimate of drug-likeness (QED) is 0.639. The highest BCUT2D eigenvalue weighted by atomic mass is 35.5. The fourth-order valence-corrected chi connectivity index (χ4v) is 2.39. The van der Waals surface area contributed by atoms with E-state index in [4.69, 9.17) is 21.1 Å². The van der Waals surface area contributed by atoms with Crippen molar-refractivity contribution in [1.29, 1.82) is 0 Å². The molecule has 0 aromatic heterocycles. The molecule has 0 saturated carbocycles. The Morgan fingerprint density at radius 3 is 2.32 bits per heavy atom. The number of allylic oxidation sites excluding steroid dienone is 2. The molecule has 0 amide bonds. The molecule has 19 heavy (non-hydrogen) atoms. The van der Waals surface area contributed by atoms with Gasteiger partial charge in [0.05, 0.1) is 19.2 Å². The van der Waals surface area contributed by atoms with Crippen LogP contribution in [0.1, 0.15) is 44.6 Å². The van der Waals surface area contributed by atoms with Crippen molar-refractivity contribution >= 4 is 11.6 Å². The fraction of sp³-hybridized carbons (Fsp3) is 0.500. The molecule has 106 valence electrons. The topological polar surface area (TPSA) is 18.5 Å². The molecule has 3 heteroatoms. The van der Waals surface area contributed by atoms with E-state index in [1.54, 1.807) is 14.2 Å². The zero-order valence-corrected chi connectivity index (χ0v) is 13.0. The monoisotopic (exact) mass is 282 g/mol. The van der Waals surface area contributed by atoms with Crippen LogP contribution in [0.3, 0.4) is 0 Å². The summed E-state index contributed by atoms with van der Waals surface area (Å²) in [4.78, 5) is 0. The maximum atomic E-state index is 6.22. The van der Waals surface area contributed by atoms with Gasteiger partial charge in [-0.25, -0.2) is 0 Å². The number of benzene rings is 1. The Bertz CT molecular complexity index is 427. The average Bonchev–Trinajstić information content (AvgIpc) is 2.43. The van der Waals surface area contributed by atoms with Crippen LogP contribution in [0.4, 0.5) is 0 Å². The highest BCUT2D eigenvalue weighted by Gasteiger charge is 2.16. The molecule has 0 aliphatic heterocycles. The number of hydrogen-bond donors (Lipinski definition) is 0. The standard InChI is InChI=1S/C16H23ClO2/c1-5-7-8-9-12(6-2)13-10-14(17)16(19-4)11-15(13)18-3/h7-8,10-12H,5-6,9H2,1-4H3/b8-7-. The van der Waals surface area contributed by atoms with E-state index in [1.165, 1.54) is 0 Å². The number of ether oxygens (including phenoxy) is 2. The Morgan fingerprint density at radius 2 is 1.79 bits per heavy atom. The largest absolute Gasteiger partial charge is 0.496 e. The van der Waals surface area contributed by atoms with Crippen molar-refractivity contribution in [2.75, 3.05) is 14.2 Å². The molecular formula is C16H23ClO2. The molecular weight excluding hydrogens is 260 g/mol. The Kier molecular flexibility index (Phi) is 6.79. The van der Waals surface area contributed by atoms with Crippen molar-refractivity contribution in [3.63, 3.8) is 0 Å². The number of hydrogen-bond acceptors (Lipinski definition) is 2. The summed E-state index contributed by atoms with van der Waals surface area (Å²) in [5.41, 5.74) is 1.15. The van der Waals surface area contributed by atoms with E-state index in [-0.39, 0.29) is 0 Å². The molecule has 0 aliphatic carbocycles. The Morgan fingerprint density at radius 1 is 1.11 bits per heavy atom. The Hall–Kier alpha value is -1.15. The lowest BCUT2D eigenvalue weighted by Crippen LogP contribution is -2.01. The molecule has 0 fully saturated rings. The lowest BCUT2D eigenvalue weighted by Gasteiger charge is -2.18. The van der Waals surface area contributed by atoms with E-state index in [1.807, 2.05) is 12.1 Å². The van der Waals surface area contributed by atoms with Gasteiger partial charge >= 0.3 is 0 Å². The van der Waals surface area contributed by atoms with Gasteiger partial charge in [-0.1, -0.05) is 37.6 Å². The Labute approximate surface area is 121 Å². The second-order valence-electron chi connectivity index (χ2n) is 4.45. The third kappa shape index (κ3) is 4.17. The predicted octanol–water partition coefficient (Wildman–Crippen LogP) is 5.21. The minimum absolute atomic E-state index is 0.418. The van der Waals surface area contributed by atoms with Gasteiger partial charge in [-0.05, 0) is 36.8 Å². The first-order valence-electron chi connectivity index (χ1n) is 6.74. The normalized spacial score (nSPS) is 12.7. The van der Waals surface area contributed by atoms with Crippen molar-refractivity contribution in [2.24, 2.45) is 0 Å². The predicted molar refractivity (Wildman–Crippen MR) is 81.6 cm³/mol. The van der Waals surface area contributed by atoms with E-state index >= 15 is 0 Å². The first-order valence-corrected chi connectivity index (χ1v) is 7.12. The summed E-state index contributed by atoms with van der Waals surface area (Å²) >= 11 is 6.22. The van der Waals surface area contributed by atoms with Gasteiger partial charge in [-0.3, -0.25) is 0 Å². The van der Waals surface area contributed by atoms with Crippen LogP contribution in [0.2, 0.25) is 5.02 Å². The third-order valence-corrected chi connectivity index (χ3v) is 3.56. The zero-order chi connectivity index (χ0) is 14.3. The van der Waals surface area contributed by atoms with Gasteiger partial charge < -0.3 is 9.47 Å². The van der Waals surface area contributed by atoms with Gasteiger partial charge in [0.1, 0.15) is 11.5 Å². The van der Waals surface area contributed by atoms with Gasteiger partial charge in [0.15, 0.2) is 0 Å². The molecule has 0 N–H and O–H groups in total. The van der Waals surface area contributed by atoms with Crippen molar-refractivity contribution in [2.45, 2.75) is 39.0 Å². The molecule has 0 bridgehead atoms. The summed E-state index contributed by atoms with van der Waals surface area (Å²) in [6.45, 7) is 4.32. The van der Waals surface area contributed by atoms with Crippen LogP contribution < -0.4 is 9.47 Å². The van der Waals surface area contributed by atoms with Crippen LogP contribution in [0.5, 0.6) is 11.5 Å². The van der Waals surface area contributed by atoms with Crippen LogP contribution >= 0.6 is 11.6 Å². The van der Waals surface area contributed by atoms with E-state index in [9.17, 15) is 0 Å². The molecule has 0 radical (unpaired) electrons. The molecule has 1 atom stereocenters. The number of halogens is 1. The van der Waals surface area contributed by atoms with Crippen LogP contribution in [-0.4, -0.2) is 14.2 Å². The summed E-state index contributed by atoms with van der Waals surface area (Å²) in [6.07, 6.45) is 7.54. The number of rotatable bonds is 7. The fourth-order valence-electron chi connectivity index (χ4n) is 2.14. The van der Waals surface area contributed by atoms with Crippen LogP contribution in [-0.2, 0) is 0 Å². The van der Waals surface area contributed by atoms with E-state index in [0.29, 0.717) is 16.7 Å². The minimum Gasteiger partial charge on any atom is -0.496 e. The summed E-state index contributed by atoms with van der Waals surface area (Å²) < 4.78 is 10.7. The second-order valence-corrected chi connectivity index (χ2v) is 4.86. The highest BCUT2D eigenvalue weighted by molar-refractivity contribution is 6.32. The summed E-state index contributed by atoms with van der Waals surface area (Å²) in [5, 5.41) is 0.635. The molecule has 1 rings (SSSR count). The van der Waals surface area contributed by atoms with Crippen molar-refractivity contribution in [3.05, 3.63) is 34.9 Å². The van der Waals surface area contributed by atoms with Gasteiger partial charge in [0.25, 0.3) is 0 Å². The lowest BCUT2D eigenvalue weighted by atomic mass is 9.92. The first-order chi connectivity index (χ1) is 9.17. The van der Waals surface area contributed by atoms with E-state index in [0.717, 1.165) is 30.6 Å². The lowest BCUT2D eigenvalue weighted by molar-refractivity contribution is 0.388. The van der Waals surface area contributed by atoms with Gasteiger partial charge in [-0.15, -0.1) is 0 Å². The van der Waals surface area contributed by atoms with Crippen molar-refractivity contribution in [1.82, 2.24) is 0 Å². The smallest absolute Gasteiger partial charge is 0.141 e. The molecule has 0 aliphatic rings. The molecule has 1 aromatic rings. The van der Waals surface area contributed by atoms with Crippen molar-refractivity contribution in [3.8, 4) is 11.5 Å². The zero-order valence-electron chi connectivity index (χ0n) is 12.2.